The number of aryl methyl sites for hydroxylation is 1. The Labute approximate surface area is 182 Å². The minimum Gasteiger partial charge on any atom is -0.354 e. The Hall–Kier alpha value is -1.89. The monoisotopic (exact) mass is 435 g/mol. The summed E-state index contributed by atoms with van der Waals surface area (Å²) in [6.45, 7) is 10.5. The molecule has 0 saturated carbocycles. The van der Waals surface area contributed by atoms with Crippen molar-refractivity contribution in [1.82, 2.24) is 14.9 Å². The molecule has 0 radical (unpaired) electrons. The summed E-state index contributed by atoms with van der Waals surface area (Å²) in [6, 6.07) is 7.08. The Balaban J connectivity index is 1.49. The Morgan fingerprint density at radius 1 is 1.14 bits per heavy atom. The molecule has 1 fully saturated rings. The van der Waals surface area contributed by atoms with Crippen LogP contribution in [0.2, 0.25) is 10.0 Å². The fourth-order valence-electron chi connectivity index (χ4n) is 3.26. The smallest absolute Gasteiger partial charge is 0.225 e. The van der Waals surface area contributed by atoms with Gasteiger partial charge in [-0.25, -0.2) is 9.97 Å². The van der Waals surface area contributed by atoms with Crippen LogP contribution in [0.3, 0.4) is 0 Å². The van der Waals surface area contributed by atoms with Crippen molar-refractivity contribution in [2.45, 2.75) is 33.1 Å². The lowest BCUT2D eigenvalue weighted by molar-refractivity contribution is -0.116. The van der Waals surface area contributed by atoms with Crippen molar-refractivity contribution in [1.29, 1.82) is 0 Å². The SMILES string of the molecule is Cc1cc(N2CCN(CCC(=O)Nc3cc(Cl)ccc3Cl)CC2)nc(C(C)C)n1. The highest BCUT2D eigenvalue weighted by Crippen LogP contribution is 2.25. The van der Waals surface area contributed by atoms with E-state index in [1.54, 1.807) is 18.2 Å². The lowest BCUT2D eigenvalue weighted by Gasteiger charge is -2.35. The summed E-state index contributed by atoms with van der Waals surface area (Å²) in [4.78, 5) is 26.1. The fourth-order valence-corrected chi connectivity index (χ4v) is 3.60. The largest absolute Gasteiger partial charge is 0.354 e. The van der Waals surface area contributed by atoms with Gasteiger partial charge in [0.1, 0.15) is 11.6 Å². The summed E-state index contributed by atoms with van der Waals surface area (Å²) in [7, 11) is 0. The number of piperazine rings is 1. The molecule has 156 valence electrons. The van der Waals surface area contributed by atoms with Crippen LogP contribution >= 0.6 is 23.2 Å². The van der Waals surface area contributed by atoms with Gasteiger partial charge in [-0.3, -0.25) is 9.69 Å². The number of nitrogens with zero attached hydrogens (tertiary/aromatic N) is 4. The van der Waals surface area contributed by atoms with E-state index < -0.39 is 0 Å². The molecule has 29 heavy (non-hydrogen) atoms. The van der Waals surface area contributed by atoms with E-state index in [0.717, 1.165) is 43.5 Å². The van der Waals surface area contributed by atoms with E-state index in [0.29, 0.717) is 34.6 Å². The Morgan fingerprint density at radius 3 is 2.55 bits per heavy atom. The van der Waals surface area contributed by atoms with Gasteiger partial charge in [-0.05, 0) is 25.1 Å². The molecule has 6 nitrogen and oxygen atoms in total. The van der Waals surface area contributed by atoms with E-state index in [9.17, 15) is 4.79 Å². The molecule has 1 N–H and O–H groups in total. The number of hydrogen-bond acceptors (Lipinski definition) is 5. The maximum Gasteiger partial charge on any atom is 0.225 e. The van der Waals surface area contributed by atoms with Gasteiger partial charge in [-0.2, -0.15) is 0 Å². The minimum absolute atomic E-state index is 0.0652. The molecule has 0 aliphatic carbocycles. The van der Waals surface area contributed by atoms with Crippen LogP contribution in [0.4, 0.5) is 11.5 Å². The van der Waals surface area contributed by atoms with E-state index in [1.807, 2.05) is 13.0 Å². The first-order valence-electron chi connectivity index (χ1n) is 9.89. The maximum absolute atomic E-state index is 12.3. The van der Waals surface area contributed by atoms with Crippen LogP contribution < -0.4 is 10.2 Å². The van der Waals surface area contributed by atoms with E-state index in [4.69, 9.17) is 28.2 Å². The quantitative estimate of drug-likeness (QED) is 0.729. The maximum atomic E-state index is 12.3. The van der Waals surface area contributed by atoms with E-state index >= 15 is 0 Å². The molecule has 1 aromatic carbocycles. The summed E-state index contributed by atoms with van der Waals surface area (Å²) in [5.41, 5.74) is 1.55. The molecule has 2 heterocycles. The van der Waals surface area contributed by atoms with E-state index in [1.165, 1.54) is 0 Å². The molecule has 2 aromatic rings. The molecule has 8 heteroatoms. The van der Waals surface area contributed by atoms with Gasteiger partial charge < -0.3 is 10.2 Å². The zero-order chi connectivity index (χ0) is 21.0. The predicted molar refractivity (Wildman–Crippen MR) is 119 cm³/mol. The first-order valence-corrected chi connectivity index (χ1v) is 10.6. The van der Waals surface area contributed by atoms with Gasteiger partial charge in [0.2, 0.25) is 5.91 Å². The van der Waals surface area contributed by atoms with Gasteiger partial charge in [0.25, 0.3) is 0 Å². The highest BCUT2D eigenvalue weighted by molar-refractivity contribution is 6.35. The minimum atomic E-state index is -0.0652. The highest BCUT2D eigenvalue weighted by atomic mass is 35.5. The number of rotatable bonds is 6. The van der Waals surface area contributed by atoms with Crippen LogP contribution in [0.25, 0.3) is 0 Å². The number of benzene rings is 1. The first-order chi connectivity index (χ1) is 13.8. The summed E-state index contributed by atoms with van der Waals surface area (Å²) < 4.78 is 0. The Morgan fingerprint density at radius 2 is 1.86 bits per heavy atom. The number of anilines is 2. The van der Waals surface area contributed by atoms with Crippen LogP contribution in [0.5, 0.6) is 0 Å². The molecule has 0 spiro atoms. The lowest BCUT2D eigenvalue weighted by atomic mass is 10.2. The molecule has 1 aliphatic heterocycles. The number of halogens is 2. The van der Waals surface area contributed by atoms with Crippen molar-refractivity contribution >= 4 is 40.6 Å². The molecule has 1 aromatic heterocycles. The molecule has 1 aliphatic rings. The van der Waals surface area contributed by atoms with Gasteiger partial charge in [0.15, 0.2) is 0 Å². The summed E-state index contributed by atoms with van der Waals surface area (Å²) >= 11 is 12.1. The zero-order valence-electron chi connectivity index (χ0n) is 17.1. The molecule has 1 saturated heterocycles. The number of carbonyl (C=O) groups is 1. The molecule has 0 unspecified atom stereocenters. The zero-order valence-corrected chi connectivity index (χ0v) is 18.6. The molecule has 0 bridgehead atoms. The van der Waals surface area contributed by atoms with Gasteiger partial charge in [0.05, 0.1) is 10.7 Å². The third kappa shape index (κ3) is 6.04. The summed E-state index contributed by atoms with van der Waals surface area (Å²) in [5.74, 6) is 2.12. The van der Waals surface area contributed by atoms with Gasteiger partial charge in [-0.15, -0.1) is 0 Å². The number of amides is 1. The summed E-state index contributed by atoms with van der Waals surface area (Å²) in [6.07, 6.45) is 0.410. The van der Waals surface area contributed by atoms with Crippen molar-refractivity contribution in [3.05, 3.63) is 45.8 Å². The second kappa shape index (κ2) is 9.74. The average Bonchev–Trinajstić information content (AvgIpc) is 2.69. The second-order valence-corrected chi connectivity index (χ2v) is 8.48. The Bertz CT molecular complexity index is 866. The standard InChI is InChI=1S/C21H27Cl2N5O/c1-14(2)21-24-15(3)12-19(26-21)28-10-8-27(9-11-28)7-6-20(29)25-18-13-16(22)4-5-17(18)23/h4-5,12-14H,6-11H2,1-3H3,(H,25,29). The average molecular weight is 436 g/mol. The molecular weight excluding hydrogens is 409 g/mol. The molecule has 3 rings (SSSR count). The first kappa shape index (κ1) is 21.8. The topological polar surface area (TPSA) is 61.4 Å². The third-order valence-electron chi connectivity index (χ3n) is 4.93. The lowest BCUT2D eigenvalue weighted by Crippen LogP contribution is -2.47. The van der Waals surface area contributed by atoms with Crippen LogP contribution in [0, 0.1) is 6.92 Å². The van der Waals surface area contributed by atoms with Gasteiger partial charge in [0, 0.05) is 61.8 Å². The third-order valence-corrected chi connectivity index (χ3v) is 5.49. The molecule has 1 amide bonds. The van der Waals surface area contributed by atoms with Gasteiger partial charge >= 0.3 is 0 Å². The highest BCUT2D eigenvalue weighted by Gasteiger charge is 2.20. The van der Waals surface area contributed by atoms with Gasteiger partial charge in [-0.1, -0.05) is 37.0 Å². The van der Waals surface area contributed by atoms with Crippen LogP contribution in [0.15, 0.2) is 24.3 Å². The number of hydrogen-bond donors (Lipinski definition) is 1. The Kier molecular flexibility index (Phi) is 7.33. The number of carbonyl (C=O) groups excluding carboxylic acids is 1. The van der Waals surface area contributed by atoms with Crippen molar-refractivity contribution < 1.29 is 4.79 Å². The normalized spacial score (nSPS) is 15.0. The van der Waals surface area contributed by atoms with Crippen LogP contribution in [0.1, 0.15) is 37.7 Å². The predicted octanol–water partition coefficient (Wildman–Crippen LogP) is 4.37. The molecule has 0 atom stereocenters. The fraction of sp³-hybridized carbons (Fsp3) is 0.476. The number of nitrogens with one attached hydrogen (secondary N) is 1. The van der Waals surface area contributed by atoms with E-state index in [2.05, 4.69) is 33.9 Å². The summed E-state index contributed by atoms with van der Waals surface area (Å²) in [5, 5.41) is 3.87. The second-order valence-electron chi connectivity index (χ2n) is 7.63. The van der Waals surface area contributed by atoms with Crippen LogP contribution in [-0.2, 0) is 4.79 Å². The van der Waals surface area contributed by atoms with E-state index in [-0.39, 0.29) is 5.91 Å². The van der Waals surface area contributed by atoms with Crippen molar-refractivity contribution in [3.8, 4) is 0 Å². The number of aromatic nitrogens is 2. The molecular formula is C21H27Cl2N5O. The van der Waals surface area contributed by atoms with Crippen molar-refractivity contribution in [3.63, 3.8) is 0 Å². The van der Waals surface area contributed by atoms with Crippen molar-refractivity contribution in [2.24, 2.45) is 0 Å². The van der Waals surface area contributed by atoms with Crippen molar-refractivity contribution in [2.75, 3.05) is 42.9 Å². The van der Waals surface area contributed by atoms with Crippen LogP contribution in [-0.4, -0.2) is 53.5 Å².